The van der Waals surface area contributed by atoms with Crippen molar-refractivity contribution < 1.29 is 9.47 Å². The van der Waals surface area contributed by atoms with Gasteiger partial charge in [0.25, 0.3) is 0 Å². The number of methoxy groups -OCH3 is 2. The number of ether oxygens (including phenoxy) is 2. The zero-order valence-corrected chi connectivity index (χ0v) is 13.8. The lowest BCUT2D eigenvalue weighted by atomic mass is 10.1. The Labute approximate surface area is 139 Å². The van der Waals surface area contributed by atoms with Gasteiger partial charge in [0, 0.05) is 5.02 Å². The van der Waals surface area contributed by atoms with E-state index in [1.54, 1.807) is 18.9 Å². The first kappa shape index (κ1) is 15.4. The van der Waals surface area contributed by atoms with Gasteiger partial charge in [-0.1, -0.05) is 17.7 Å². The van der Waals surface area contributed by atoms with Crippen molar-refractivity contribution in [3.8, 4) is 28.6 Å². The molecule has 2 aromatic carbocycles. The van der Waals surface area contributed by atoms with Crippen molar-refractivity contribution >= 4 is 11.6 Å². The van der Waals surface area contributed by atoms with Crippen LogP contribution in [0.1, 0.15) is 5.56 Å². The third-order valence-corrected chi connectivity index (χ3v) is 4.00. The van der Waals surface area contributed by atoms with Gasteiger partial charge in [0.15, 0.2) is 17.3 Å². The molecule has 0 spiro atoms. The first-order valence-electron chi connectivity index (χ1n) is 7.03. The normalized spacial score (nSPS) is 10.6. The average Bonchev–Trinajstić information content (AvgIpc) is 3.05. The first-order valence-corrected chi connectivity index (χ1v) is 7.41. The van der Waals surface area contributed by atoms with E-state index < -0.39 is 0 Å². The molecule has 0 radical (unpaired) electrons. The summed E-state index contributed by atoms with van der Waals surface area (Å²) in [5, 5.41) is 5.05. The maximum atomic E-state index is 6.10. The molecule has 3 aromatic rings. The van der Waals surface area contributed by atoms with Crippen LogP contribution in [-0.2, 0) is 0 Å². The average molecular weight is 330 g/mol. The van der Waals surface area contributed by atoms with Gasteiger partial charge in [-0.3, -0.25) is 0 Å². The van der Waals surface area contributed by atoms with E-state index in [2.05, 4.69) is 10.1 Å². The fourth-order valence-corrected chi connectivity index (χ4v) is 2.56. The number of rotatable bonds is 4. The number of hydrogen-bond donors (Lipinski definition) is 0. The summed E-state index contributed by atoms with van der Waals surface area (Å²) in [5.41, 5.74) is 2.66. The van der Waals surface area contributed by atoms with Crippen LogP contribution in [0.15, 0.2) is 42.7 Å². The van der Waals surface area contributed by atoms with Gasteiger partial charge in [0.1, 0.15) is 6.33 Å². The van der Waals surface area contributed by atoms with Crippen molar-refractivity contribution in [1.82, 2.24) is 14.8 Å². The largest absolute Gasteiger partial charge is 0.493 e. The highest BCUT2D eigenvalue weighted by Crippen LogP contribution is 2.37. The molecule has 23 heavy (non-hydrogen) atoms. The Balaban J connectivity index is 2.17. The summed E-state index contributed by atoms with van der Waals surface area (Å²) in [6.45, 7) is 1.95. The van der Waals surface area contributed by atoms with Gasteiger partial charge in [0.2, 0.25) is 0 Å². The molecule has 0 amide bonds. The van der Waals surface area contributed by atoms with E-state index in [1.807, 2.05) is 43.3 Å². The molecule has 0 aliphatic carbocycles. The molecule has 0 unspecified atom stereocenters. The first-order chi connectivity index (χ1) is 11.2. The van der Waals surface area contributed by atoms with Crippen LogP contribution >= 0.6 is 11.6 Å². The molecule has 0 saturated carbocycles. The second-order valence-corrected chi connectivity index (χ2v) is 5.38. The van der Waals surface area contributed by atoms with Gasteiger partial charge in [0.05, 0.1) is 25.5 Å². The lowest BCUT2D eigenvalue weighted by molar-refractivity contribution is 0.356. The Kier molecular flexibility index (Phi) is 4.21. The number of aromatic nitrogens is 3. The molecule has 6 heteroatoms. The highest BCUT2D eigenvalue weighted by molar-refractivity contribution is 6.31. The third-order valence-electron chi connectivity index (χ3n) is 3.58. The van der Waals surface area contributed by atoms with E-state index in [0.29, 0.717) is 17.3 Å². The van der Waals surface area contributed by atoms with Crippen molar-refractivity contribution in [3.63, 3.8) is 0 Å². The number of halogens is 1. The Morgan fingerprint density at radius 3 is 2.61 bits per heavy atom. The summed E-state index contributed by atoms with van der Waals surface area (Å²) in [6.07, 6.45) is 1.51. The molecule has 0 fully saturated rings. The van der Waals surface area contributed by atoms with Crippen molar-refractivity contribution in [2.75, 3.05) is 14.2 Å². The molecular weight excluding hydrogens is 314 g/mol. The monoisotopic (exact) mass is 329 g/mol. The van der Waals surface area contributed by atoms with Gasteiger partial charge in [-0.05, 0) is 42.8 Å². The number of aryl methyl sites for hydroxylation is 1. The number of nitrogens with zero attached hydrogens (tertiary/aromatic N) is 3. The highest BCUT2D eigenvalue weighted by atomic mass is 35.5. The van der Waals surface area contributed by atoms with E-state index in [0.717, 1.165) is 21.8 Å². The molecule has 0 aliphatic rings. The summed E-state index contributed by atoms with van der Waals surface area (Å²) < 4.78 is 12.6. The van der Waals surface area contributed by atoms with Crippen LogP contribution in [-0.4, -0.2) is 29.0 Å². The van der Waals surface area contributed by atoms with Gasteiger partial charge in [-0.2, -0.15) is 5.10 Å². The Bertz CT molecular complexity index is 846. The molecule has 0 saturated heterocycles. The molecule has 0 bridgehead atoms. The minimum absolute atomic E-state index is 0.620. The maximum absolute atomic E-state index is 6.10. The van der Waals surface area contributed by atoms with E-state index in [-0.39, 0.29) is 0 Å². The van der Waals surface area contributed by atoms with E-state index >= 15 is 0 Å². The summed E-state index contributed by atoms with van der Waals surface area (Å²) >= 11 is 6.10. The van der Waals surface area contributed by atoms with Gasteiger partial charge < -0.3 is 9.47 Å². The number of benzene rings is 2. The second-order valence-electron chi connectivity index (χ2n) is 4.97. The Hall–Kier alpha value is -2.53. The van der Waals surface area contributed by atoms with Crippen LogP contribution < -0.4 is 9.47 Å². The van der Waals surface area contributed by atoms with Crippen molar-refractivity contribution in [1.29, 1.82) is 0 Å². The van der Waals surface area contributed by atoms with Crippen LogP contribution in [0.4, 0.5) is 0 Å². The van der Waals surface area contributed by atoms with E-state index in [1.165, 1.54) is 6.33 Å². The highest BCUT2D eigenvalue weighted by Gasteiger charge is 2.17. The second kappa shape index (κ2) is 6.30. The summed E-state index contributed by atoms with van der Waals surface area (Å²) in [7, 11) is 3.21. The lowest BCUT2D eigenvalue weighted by Gasteiger charge is -2.13. The molecule has 1 heterocycles. The SMILES string of the molecule is COc1cccc(-c2ncnn2-c2ccc(Cl)c(C)c2)c1OC. The summed E-state index contributed by atoms with van der Waals surface area (Å²) in [5.74, 6) is 1.93. The quantitative estimate of drug-likeness (QED) is 0.728. The topological polar surface area (TPSA) is 49.2 Å². The van der Waals surface area contributed by atoms with Crippen molar-refractivity contribution in [2.45, 2.75) is 6.92 Å². The van der Waals surface area contributed by atoms with Crippen LogP contribution in [0.25, 0.3) is 17.1 Å². The van der Waals surface area contributed by atoms with E-state index in [9.17, 15) is 0 Å². The molecule has 1 aromatic heterocycles. The van der Waals surface area contributed by atoms with Gasteiger partial charge >= 0.3 is 0 Å². The molecule has 0 N–H and O–H groups in total. The molecule has 3 rings (SSSR count). The fraction of sp³-hybridized carbons (Fsp3) is 0.176. The number of hydrogen-bond acceptors (Lipinski definition) is 4. The lowest BCUT2D eigenvalue weighted by Crippen LogP contribution is -2.02. The van der Waals surface area contributed by atoms with Crippen LogP contribution in [0.3, 0.4) is 0 Å². The molecule has 118 valence electrons. The smallest absolute Gasteiger partial charge is 0.171 e. The van der Waals surface area contributed by atoms with Crippen molar-refractivity contribution in [2.24, 2.45) is 0 Å². The molecule has 5 nitrogen and oxygen atoms in total. The summed E-state index contributed by atoms with van der Waals surface area (Å²) in [6, 6.07) is 11.4. The predicted molar refractivity (Wildman–Crippen MR) is 89.6 cm³/mol. The van der Waals surface area contributed by atoms with Crippen LogP contribution in [0.2, 0.25) is 5.02 Å². The van der Waals surface area contributed by atoms with Crippen LogP contribution in [0, 0.1) is 6.92 Å². The van der Waals surface area contributed by atoms with Crippen molar-refractivity contribution in [3.05, 3.63) is 53.3 Å². The number of para-hydroxylation sites is 1. The van der Waals surface area contributed by atoms with E-state index in [4.69, 9.17) is 21.1 Å². The van der Waals surface area contributed by atoms with Crippen LogP contribution in [0.5, 0.6) is 11.5 Å². The Morgan fingerprint density at radius 1 is 1.09 bits per heavy atom. The molecule has 0 aliphatic heterocycles. The third kappa shape index (κ3) is 2.75. The molecule has 0 atom stereocenters. The zero-order chi connectivity index (χ0) is 16.4. The maximum Gasteiger partial charge on any atom is 0.171 e. The minimum Gasteiger partial charge on any atom is -0.493 e. The molecular formula is C17H16ClN3O2. The standard InChI is InChI=1S/C17H16ClN3O2/c1-11-9-12(7-8-14(11)18)21-17(19-10-20-21)13-5-4-6-15(22-2)16(13)23-3/h4-10H,1-3H3. The van der Waals surface area contributed by atoms with Gasteiger partial charge in [-0.15, -0.1) is 0 Å². The summed E-state index contributed by atoms with van der Waals surface area (Å²) in [4.78, 5) is 4.38. The predicted octanol–water partition coefficient (Wildman–Crippen LogP) is 3.91. The fourth-order valence-electron chi connectivity index (χ4n) is 2.44. The zero-order valence-electron chi connectivity index (χ0n) is 13.1. The Morgan fingerprint density at radius 2 is 1.91 bits per heavy atom. The minimum atomic E-state index is 0.620. The van der Waals surface area contributed by atoms with Gasteiger partial charge in [-0.25, -0.2) is 9.67 Å².